The summed E-state index contributed by atoms with van der Waals surface area (Å²) in [7, 11) is 0. The van der Waals surface area contributed by atoms with Crippen LogP contribution in [0.2, 0.25) is 0 Å². The molecule has 1 heterocycles. The largest absolute Gasteiger partial charge is 0.491 e. The highest BCUT2D eigenvalue weighted by Crippen LogP contribution is 2.13. The third kappa shape index (κ3) is 6.54. The van der Waals surface area contributed by atoms with E-state index in [0.717, 1.165) is 0 Å². The van der Waals surface area contributed by atoms with Gasteiger partial charge in [0.1, 0.15) is 24.1 Å². The van der Waals surface area contributed by atoms with Gasteiger partial charge in [0.2, 0.25) is 0 Å². The smallest absolute Gasteiger partial charge is 0.410 e. The Morgan fingerprint density at radius 2 is 1.85 bits per heavy atom. The second kappa shape index (κ2) is 8.88. The number of piperazine rings is 1. The first-order chi connectivity index (χ1) is 12.3. The standard InChI is InChI=1S/C19H27N3O4/c1-19(2,3)26-18(24)22-10-8-21(9-11-22)13-16(23)14-25-17-6-4-15(12-20)5-7-17/h4-7,16,23H,8-11,13-14H2,1-3H3. The van der Waals surface area contributed by atoms with Gasteiger partial charge >= 0.3 is 6.09 Å². The summed E-state index contributed by atoms with van der Waals surface area (Å²) in [5.41, 5.74) is 0.0773. The van der Waals surface area contributed by atoms with Gasteiger partial charge in [0, 0.05) is 32.7 Å². The van der Waals surface area contributed by atoms with Gasteiger partial charge in [-0.1, -0.05) is 0 Å². The molecule has 1 N–H and O–H groups in total. The van der Waals surface area contributed by atoms with Gasteiger partial charge in [-0.15, -0.1) is 0 Å². The van der Waals surface area contributed by atoms with E-state index >= 15 is 0 Å². The predicted octanol–water partition coefficient (Wildman–Crippen LogP) is 1.85. The van der Waals surface area contributed by atoms with Crippen molar-refractivity contribution in [1.82, 2.24) is 9.80 Å². The molecular formula is C19H27N3O4. The first-order valence-electron chi connectivity index (χ1n) is 8.78. The Bertz CT molecular complexity index is 626. The Kier molecular flexibility index (Phi) is 6.83. The summed E-state index contributed by atoms with van der Waals surface area (Å²) in [5, 5.41) is 18.9. The lowest BCUT2D eigenvalue weighted by atomic mass is 10.2. The van der Waals surface area contributed by atoms with Gasteiger partial charge in [-0.3, -0.25) is 4.90 Å². The Hall–Kier alpha value is -2.30. The van der Waals surface area contributed by atoms with E-state index in [-0.39, 0.29) is 12.7 Å². The van der Waals surface area contributed by atoms with Crippen LogP contribution in [0, 0.1) is 11.3 Å². The first kappa shape index (κ1) is 20.0. The second-order valence-electron chi connectivity index (χ2n) is 7.37. The fraction of sp³-hybridized carbons (Fsp3) is 0.579. The molecule has 0 aromatic heterocycles. The predicted molar refractivity (Wildman–Crippen MR) is 96.9 cm³/mol. The van der Waals surface area contributed by atoms with Crippen molar-refractivity contribution in [2.24, 2.45) is 0 Å². The van der Waals surface area contributed by atoms with Gasteiger partial charge in [-0.25, -0.2) is 4.79 Å². The lowest BCUT2D eigenvalue weighted by molar-refractivity contribution is 0.00713. The Labute approximate surface area is 154 Å². The third-order valence-electron chi connectivity index (χ3n) is 3.92. The van der Waals surface area contributed by atoms with Crippen LogP contribution in [-0.4, -0.2) is 72.0 Å². The molecule has 142 valence electrons. The molecule has 26 heavy (non-hydrogen) atoms. The molecule has 1 aromatic carbocycles. The van der Waals surface area contributed by atoms with Crippen LogP contribution in [0.4, 0.5) is 4.79 Å². The van der Waals surface area contributed by atoms with Gasteiger partial charge in [0.15, 0.2) is 0 Å². The molecule has 0 saturated carbocycles. The lowest BCUT2D eigenvalue weighted by Crippen LogP contribution is -2.51. The van der Waals surface area contributed by atoms with Gasteiger partial charge in [0.25, 0.3) is 0 Å². The highest BCUT2D eigenvalue weighted by molar-refractivity contribution is 5.68. The quantitative estimate of drug-likeness (QED) is 0.861. The zero-order chi connectivity index (χ0) is 19.2. The first-order valence-corrected chi connectivity index (χ1v) is 8.78. The summed E-state index contributed by atoms with van der Waals surface area (Å²) >= 11 is 0. The number of nitriles is 1. The number of amides is 1. The number of hydrogen-bond donors (Lipinski definition) is 1. The number of carbonyl (C=O) groups excluding carboxylic acids is 1. The van der Waals surface area contributed by atoms with E-state index in [1.807, 2.05) is 26.8 Å². The van der Waals surface area contributed by atoms with Crippen molar-refractivity contribution in [2.45, 2.75) is 32.5 Å². The number of carbonyl (C=O) groups is 1. The third-order valence-corrected chi connectivity index (χ3v) is 3.92. The summed E-state index contributed by atoms with van der Waals surface area (Å²) in [6.07, 6.45) is -0.916. The molecule has 1 aromatic rings. The number of hydrogen-bond acceptors (Lipinski definition) is 6. The molecule has 1 saturated heterocycles. The van der Waals surface area contributed by atoms with Crippen molar-refractivity contribution in [3.8, 4) is 11.8 Å². The van der Waals surface area contributed by atoms with Crippen LogP contribution in [0.1, 0.15) is 26.3 Å². The van der Waals surface area contributed by atoms with Gasteiger partial charge in [-0.05, 0) is 45.0 Å². The summed E-state index contributed by atoms with van der Waals surface area (Å²) in [5.74, 6) is 0.623. The van der Waals surface area contributed by atoms with Gasteiger partial charge < -0.3 is 19.5 Å². The normalized spacial score (nSPS) is 16.7. The van der Waals surface area contributed by atoms with Crippen LogP contribution < -0.4 is 4.74 Å². The number of ether oxygens (including phenoxy) is 2. The molecule has 1 aliphatic rings. The SMILES string of the molecule is CC(C)(C)OC(=O)N1CCN(CC(O)COc2ccc(C#N)cc2)CC1. The topological polar surface area (TPSA) is 86.0 Å². The highest BCUT2D eigenvalue weighted by Gasteiger charge is 2.26. The number of β-amino-alcohol motifs (C(OH)–C–C–N with tert-alkyl or cyclic N) is 1. The fourth-order valence-corrected chi connectivity index (χ4v) is 2.61. The van der Waals surface area contributed by atoms with E-state index in [1.165, 1.54) is 0 Å². The number of aliphatic hydroxyl groups excluding tert-OH is 1. The van der Waals surface area contributed by atoms with Crippen molar-refractivity contribution in [3.63, 3.8) is 0 Å². The molecule has 1 amide bonds. The molecule has 7 heteroatoms. The van der Waals surface area contributed by atoms with Crippen LogP contribution in [0.15, 0.2) is 24.3 Å². The number of nitrogens with zero attached hydrogens (tertiary/aromatic N) is 3. The number of benzene rings is 1. The molecule has 1 aliphatic heterocycles. The van der Waals surface area contributed by atoms with Crippen LogP contribution in [0.3, 0.4) is 0 Å². The Morgan fingerprint density at radius 3 is 2.38 bits per heavy atom. The highest BCUT2D eigenvalue weighted by atomic mass is 16.6. The van der Waals surface area contributed by atoms with Crippen LogP contribution in [0.5, 0.6) is 5.75 Å². The molecule has 0 aliphatic carbocycles. The maximum Gasteiger partial charge on any atom is 0.410 e. The van der Waals surface area contributed by atoms with Crippen molar-refractivity contribution in [1.29, 1.82) is 5.26 Å². The molecule has 0 spiro atoms. The molecule has 1 atom stereocenters. The minimum absolute atomic E-state index is 0.179. The fourth-order valence-electron chi connectivity index (χ4n) is 2.61. The maximum atomic E-state index is 12.0. The van der Waals surface area contributed by atoms with Crippen molar-refractivity contribution >= 4 is 6.09 Å². The monoisotopic (exact) mass is 361 g/mol. The maximum absolute atomic E-state index is 12.0. The number of aliphatic hydroxyl groups is 1. The van der Waals surface area contributed by atoms with Crippen molar-refractivity contribution in [2.75, 3.05) is 39.3 Å². The van der Waals surface area contributed by atoms with E-state index in [0.29, 0.717) is 44.0 Å². The zero-order valence-electron chi connectivity index (χ0n) is 15.6. The molecule has 2 rings (SSSR count). The van der Waals surface area contributed by atoms with E-state index in [1.54, 1.807) is 29.2 Å². The minimum atomic E-state index is -0.626. The van der Waals surface area contributed by atoms with Crippen LogP contribution in [0.25, 0.3) is 0 Å². The molecule has 1 unspecified atom stereocenters. The van der Waals surface area contributed by atoms with Gasteiger partial charge in [-0.2, -0.15) is 5.26 Å². The minimum Gasteiger partial charge on any atom is -0.491 e. The summed E-state index contributed by atoms with van der Waals surface area (Å²) in [6.45, 7) is 8.76. The van der Waals surface area contributed by atoms with Crippen molar-refractivity contribution in [3.05, 3.63) is 29.8 Å². The molecule has 0 bridgehead atoms. The van der Waals surface area contributed by atoms with E-state index in [2.05, 4.69) is 4.90 Å². The average Bonchev–Trinajstić information content (AvgIpc) is 2.59. The Morgan fingerprint density at radius 1 is 1.23 bits per heavy atom. The summed E-state index contributed by atoms with van der Waals surface area (Å²) < 4.78 is 10.9. The molecule has 7 nitrogen and oxygen atoms in total. The zero-order valence-corrected chi connectivity index (χ0v) is 15.6. The van der Waals surface area contributed by atoms with E-state index in [9.17, 15) is 9.90 Å². The van der Waals surface area contributed by atoms with Crippen molar-refractivity contribution < 1.29 is 19.4 Å². The molecule has 1 fully saturated rings. The van der Waals surface area contributed by atoms with Gasteiger partial charge in [0.05, 0.1) is 11.6 Å². The lowest BCUT2D eigenvalue weighted by Gasteiger charge is -2.36. The Balaban J connectivity index is 1.69. The second-order valence-corrected chi connectivity index (χ2v) is 7.37. The average molecular weight is 361 g/mol. The van der Waals surface area contributed by atoms with E-state index < -0.39 is 11.7 Å². The van der Waals surface area contributed by atoms with Crippen LogP contribution >= 0.6 is 0 Å². The number of rotatable bonds is 5. The summed E-state index contributed by atoms with van der Waals surface area (Å²) in [4.78, 5) is 15.8. The van der Waals surface area contributed by atoms with Crippen LogP contribution in [-0.2, 0) is 4.74 Å². The molecule has 0 radical (unpaired) electrons. The summed E-state index contributed by atoms with van der Waals surface area (Å²) in [6, 6.07) is 8.83. The van der Waals surface area contributed by atoms with E-state index in [4.69, 9.17) is 14.7 Å². The molecular weight excluding hydrogens is 334 g/mol.